The molecule has 0 spiro atoms. The molecule has 10 heteroatoms. The van der Waals surface area contributed by atoms with Gasteiger partial charge in [-0.05, 0) is 87.2 Å². The van der Waals surface area contributed by atoms with Crippen LogP contribution in [0.5, 0.6) is 11.5 Å². The van der Waals surface area contributed by atoms with Crippen LogP contribution in [-0.4, -0.2) is 51.8 Å². The van der Waals surface area contributed by atoms with E-state index in [4.69, 9.17) is 30.8 Å². The number of hydrogen-bond donors (Lipinski definition) is 1. The first kappa shape index (κ1) is 29.4. The molecule has 1 atom stereocenters. The van der Waals surface area contributed by atoms with Crippen molar-refractivity contribution in [1.29, 1.82) is 0 Å². The average molecular weight is 608 g/mol. The van der Waals surface area contributed by atoms with E-state index in [0.29, 0.717) is 28.6 Å². The third-order valence-corrected chi connectivity index (χ3v) is 8.71. The summed E-state index contributed by atoms with van der Waals surface area (Å²) in [5.74, 6) is -0.218. The van der Waals surface area contributed by atoms with E-state index in [1.54, 1.807) is 37.3 Å². The maximum absolute atomic E-state index is 14.7. The van der Waals surface area contributed by atoms with Gasteiger partial charge in [-0.2, -0.15) is 0 Å². The molecule has 3 aliphatic heterocycles. The van der Waals surface area contributed by atoms with E-state index in [1.165, 1.54) is 18.9 Å². The summed E-state index contributed by atoms with van der Waals surface area (Å²) in [5.41, 5.74) is 3.23. The van der Waals surface area contributed by atoms with E-state index in [1.807, 2.05) is 23.7 Å². The summed E-state index contributed by atoms with van der Waals surface area (Å²) in [6.45, 7) is 6.16. The van der Waals surface area contributed by atoms with Gasteiger partial charge in [0, 0.05) is 37.8 Å². The molecular weight excluding hydrogens is 573 g/mol. The van der Waals surface area contributed by atoms with Crippen LogP contribution in [0.25, 0.3) is 11.0 Å². The Kier molecular flexibility index (Phi) is 8.31. The predicted molar refractivity (Wildman–Crippen MR) is 161 cm³/mol. The van der Waals surface area contributed by atoms with E-state index in [-0.39, 0.29) is 11.5 Å². The molecule has 0 bridgehead atoms. The van der Waals surface area contributed by atoms with Crippen molar-refractivity contribution in [1.82, 2.24) is 14.5 Å². The summed E-state index contributed by atoms with van der Waals surface area (Å²) in [6.07, 6.45) is 4.41. The van der Waals surface area contributed by atoms with Crippen LogP contribution in [0, 0.1) is 5.82 Å². The van der Waals surface area contributed by atoms with Crippen LogP contribution in [0.4, 0.5) is 4.39 Å². The van der Waals surface area contributed by atoms with Crippen molar-refractivity contribution in [3.63, 3.8) is 0 Å². The third-order valence-electron chi connectivity index (χ3n) is 8.47. The SMILES string of the molecule is C1CCOC1.Cn1c(CN2CCC(c3cccc4c3OC(C)(c3ccc(Cl)cc3F)O4)CC2)nc2ccc(C(=O)O)cc21. The maximum atomic E-state index is 14.7. The molecule has 1 unspecified atom stereocenters. The lowest BCUT2D eigenvalue weighted by Gasteiger charge is -2.32. The van der Waals surface area contributed by atoms with Crippen LogP contribution in [0.3, 0.4) is 0 Å². The predicted octanol–water partition coefficient (Wildman–Crippen LogP) is 6.88. The van der Waals surface area contributed by atoms with Crippen molar-refractivity contribution >= 4 is 28.6 Å². The van der Waals surface area contributed by atoms with Crippen LogP contribution in [0.1, 0.15) is 65.8 Å². The number of ether oxygens (including phenoxy) is 3. The average Bonchev–Trinajstić information content (AvgIpc) is 3.74. The van der Waals surface area contributed by atoms with E-state index >= 15 is 0 Å². The van der Waals surface area contributed by atoms with Crippen LogP contribution in [0.15, 0.2) is 54.6 Å². The van der Waals surface area contributed by atoms with Crippen molar-refractivity contribution in [3.8, 4) is 11.5 Å². The van der Waals surface area contributed by atoms with Crippen molar-refractivity contribution in [3.05, 3.63) is 88.0 Å². The number of aromatic carboxylic acids is 1. The molecule has 0 radical (unpaired) electrons. The molecule has 7 rings (SSSR count). The minimum atomic E-state index is -1.27. The number of aryl methyl sites for hydroxylation is 1. The first-order valence-electron chi connectivity index (χ1n) is 14.7. The number of benzene rings is 3. The lowest BCUT2D eigenvalue weighted by molar-refractivity contribution is -0.0712. The summed E-state index contributed by atoms with van der Waals surface area (Å²) in [7, 11) is 1.92. The fourth-order valence-corrected chi connectivity index (χ4v) is 6.22. The molecule has 4 heterocycles. The summed E-state index contributed by atoms with van der Waals surface area (Å²) in [4.78, 5) is 18.5. The Morgan fingerprint density at radius 3 is 2.53 bits per heavy atom. The van der Waals surface area contributed by atoms with Gasteiger partial charge in [-0.15, -0.1) is 0 Å². The van der Waals surface area contributed by atoms with Crippen molar-refractivity contribution in [2.24, 2.45) is 7.05 Å². The zero-order chi connectivity index (χ0) is 30.1. The van der Waals surface area contributed by atoms with E-state index in [2.05, 4.69) is 11.0 Å². The number of likely N-dealkylation sites (tertiary alicyclic amines) is 1. The highest BCUT2D eigenvalue weighted by molar-refractivity contribution is 6.30. The largest absolute Gasteiger partial charge is 0.478 e. The Balaban J connectivity index is 0.000000599. The number of para-hydroxylation sites is 1. The van der Waals surface area contributed by atoms with Crippen LogP contribution in [-0.2, 0) is 24.1 Å². The number of piperidine rings is 1. The van der Waals surface area contributed by atoms with Gasteiger partial charge in [-0.3, -0.25) is 4.90 Å². The molecule has 4 aromatic rings. The molecule has 1 N–H and O–H groups in total. The van der Waals surface area contributed by atoms with Crippen molar-refractivity contribution in [2.75, 3.05) is 26.3 Å². The molecule has 8 nitrogen and oxygen atoms in total. The van der Waals surface area contributed by atoms with Gasteiger partial charge in [-0.1, -0.05) is 23.7 Å². The number of imidazole rings is 1. The lowest BCUT2D eigenvalue weighted by atomic mass is 9.88. The summed E-state index contributed by atoms with van der Waals surface area (Å²) >= 11 is 5.94. The van der Waals surface area contributed by atoms with Gasteiger partial charge in [0.25, 0.3) is 5.79 Å². The topological polar surface area (TPSA) is 86.0 Å². The number of nitrogens with zero attached hydrogens (tertiary/aromatic N) is 3. The Labute approximate surface area is 254 Å². The van der Waals surface area contributed by atoms with E-state index < -0.39 is 17.6 Å². The van der Waals surface area contributed by atoms with Gasteiger partial charge in [0.1, 0.15) is 11.6 Å². The first-order chi connectivity index (χ1) is 20.7. The standard InChI is InChI=1S/C29H27ClFN3O4.C4H8O/c1-29(21-8-7-19(30)15-22(21)31)37-25-5-3-4-20(27(25)38-29)17-10-12-34(13-11-17)16-26-32-23-9-6-18(28(35)36)14-24(23)33(26)2;1-2-4-5-3-1/h3-9,14-15,17H,10-13,16H2,1-2H3,(H,35,36);1-4H2. The first-order valence-corrected chi connectivity index (χ1v) is 15.0. The number of aromatic nitrogens is 2. The monoisotopic (exact) mass is 607 g/mol. The van der Waals surface area contributed by atoms with Gasteiger partial charge in [-0.25, -0.2) is 14.2 Å². The van der Waals surface area contributed by atoms with Crippen molar-refractivity contribution < 1.29 is 28.5 Å². The molecule has 0 amide bonds. The highest BCUT2D eigenvalue weighted by atomic mass is 35.5. The number of carboxylic acids is 1. The van der Waals surface area contributed by atoms with Gasteiger partial charge in [0.2, 0.25) is 0 Å². The number of fused-ring (bicyclic) bond motifs is 2. The summed E-state index contributed by atoms with van der Waals surface area (Å²) in [5, 5.41) is 9.63. The fourth-order valence-electron chi connectivity index (χ4n) is 6.06. The number of carbonyl (C=O) groups is 1. The Bertz CT molecular complexity index is 1640. The zero-order valence-electron chi connectivity index (χ0n) is 24.3. The molecule has 2 fully saturated rings. The molecule has 43 heavy (non-hydrogen) atoms. The minimum absolute atomic E-state index is 0.254. The molecule has 3 aromatic carbocycles. The quantitative estimate of drug-likeness (QED) is 0.264. The molecule has 1 aromatic heterocycles. The second kappa shape index (κ2) is 12.1. The van der Waals surface area contributed by atoms with Gasteiger partial charge in [0.15, 0.2) is 11.5 Å². The van der Waals surface area contributed by atoms with Crippen LogP contribution < -0.4 is 9.47 Å². The highest BCUT2D eigenvalue weighted by Crippen LogP contribution is 2.49. The number of carboxylic acid groups (broad SMARTS) is 1. The number of hydrogen-bond acceptors (Lipinski definition) is 6. The Hall–Kier alpha value is -3.66. The molecule has 0 aliphatic carbocycles. The summed E-state index contributed by atoms with van der Waals surface area (Å²) < 4.78 is 34.1. The number of halogens is 2. The molecular formula is C33H35ClFN3O5. The lowest BCUT2D eigenvalue weighted by Crippen LogP contribution is -2.34. The second-order valence-electron chi connectivity index (χ2n) is 11.4. The minimum Gasteiger partial charge on any atom is -0.478 e. The van der Waals surface area contributed by atoms with Gasteiger partial charge in [0.05, 0.1) is 28.7 Å². The normalized spacial score (nSPS) is 20.3. The maximum Gasteiger partial charge on any atom is 0.335 e. The smallest absolute Gasteiger partial charge is 0.335 e. The van der Waals surface area contributed by atoms with Crippen LogP contribution >= 0.6 is 11.6 Å². The Morgan fingerprint density at radius 2 is 1.86 bits per heavy atom. The highest BCUT2D eigenvalue weighted by Gasteiger charge is 2.43. The van der Waals surface area contributed by atoms with Gasteiger partial charge >= 0.3 is 5.97 Å². The van der Waals surface area contributed by atoms with Crippen LogP contribution in [0.2, 0.25) is 5.02 Å². The summed E-state index contributed by atoms with van der Waals surface area (Å²) in [6, 6.07) is 15.4. The Morgan fingerprint density at radius 1 is 1.09 bits per heavy atom. The molecule has 226 valence electrons. The second-order valence-corrected chi connectivity index (χ2v) is 11.9. The van der Waals surface area contributed by atoms with E-state index in [0.717, 1.165) is 61.6 Å². The van der Waals surface area contributed by atoms with Gasteiger partial charge < -0.3 is 23.9 Å². The molecule has 3 aliphatic rings. The fraction of sp³-hybridized carbons (Fsp3) is 0.394. The zero-order valence-corrected chi connectivity index (χ0v) is 25.1. The third kappa shape index (κ3) is 6.07. The molecule has 2 saturated heterocycles. The number of rotatable bonds is 5. The van der Waals surface area contributed by atoms with E-state index in [9.17, 15) is 14.3 Å². The molecule has 0 saturated carbocycles. The van der Waals surface area contributed by atoms with Crippen molar-refractivity contribution in [2.45, 2.75) is 50.9 Å².